The molecule has 1 nitrogen and oxygen atoms in total. The Morgan fingerprint density at radius 2 is 2.00 bits per heavy atom. The summed E-state index contributed by atoms with van der Waals surface area (Å²) in [6.45, 7) is 3.51. The third-order valence-electron chi connectivity index (χ3n) is 1.02. The Morgan fingerprint density at radius 3 is 2.42 bits per heavy atom. The summed E-state index contributed by atoms with van der Waals surface area (Å²) in [7, 11) is 0. The van der Waals surface area contributed by atoms with E-state index in [-0.39, 0.29) is 16.8 Å². The number of aromatic nitrogens is 1. The minimum atomic E-state index is -4.27. The molecule has 1 aromatic rings. The molecule has 1 rings (SSSR count). The van der Waals surface area contributed by atoms with Gasteiger partial charge in [0.2, 0.25) is 0 Å². The number of rotatable bonds is 1. The van der Waals surface area contributed by atoms with Crippen molar-refractivity contribution >= 4 is 11.8 Å². The van der Waals surface area contributed by atoms with Gasteiger partial charge >= 0.3 is 5.51 Å². The fourth-order valence-electron chi connectivity index (χ4n) is 0.590. The first-order valence-corrected chi connectivity index (χ1v) is 3.83. The molecule has 0 amide bonds. The average Bonchev–Trinajstić information content (AvgIpc) is 1.91. The monoisotopic (exact) mass is 192 g/mol. The molecule has 5 heteroatoms. The maximum Gasteiger partial charge on any atom is 0.447 e. The Hall–Kier alpha value is -0.710. The SMILES string of the molecule is [CH2]c1ccc(SC(F)(F)F)nc1. The second kappa shape index (κ2) is 3.35. The highest BCUT2D eigenvalue weighted by molar-refractivity contribution is 8.00. The van der Waals surface area contributed by atoms with Crippen LogP contribution in [0, 0.1) is 6.92 Å². The maximum atomic E-state index is 11.7. The molecule has 0 aliphatic heterocycles. The fraction of sp³-hybridized carbons (Fsp3) is 0.143. The summed E-state index contributed by atoms with van der Waals surface area (Å²) in [6.07, 6.45) is 1.30. The highest BCUT2D eigenvalue weighted by atomic mass is 32.2. The largest absolute Gasteiger partial charge is 0.447 e. The molecule has 1 aromatic heterocycles. The minimum absolute atomic E-state index is 0.0603. The number of nitrogens with zero attached hydrogens (tertiary/aromatic N) is 1. The van der Waals surface area contributed by atoms with E-state index in [0.29, 0.717) is 5.56 Å². The fourth-order valence-corrected chi connectivity index (χ4v) is 1.07. The summed E-state index contributed by atoms with van der Waals surface area (Å²) < 4.78 is 35.2. The lowest BCUT2D eigenvalue weighted by Crippen LogP contribution is -1.99. The Balaban J connectivity index is 2.71. The summed E-state index contributed by atoms with van der Waals surface area (Å²) >= 11 is -0.229. The van der Waals surface area contributed by atoms with Crippen molar-refractivity contribution in [3.8, 4) is 0 Å². The smallest absolute Gasteiger partial charge is 0.249 e. The van der Waals surface area contributed by atoms with Gasteiger partial charge in [-0.1, -0.05) is 6.07 Å². The van der Waals surface area contributed by atoms with Gasteiger partial charge < -0.3 is 0 Å². The van der Waals surface area contributed by atoms with Gasteiger partial charge in [0.05, 0.1) is 0 Å². The zero-order valence-electron chi connectivity index (χ0n) is 5.93. The Kier molecular flexibility index (Phi) is 2.62. The van der Waals surface area contributed by atoms with Gasteiger partial charge in [-0.3, -0.25) is 0 Å². The van der Waals surface area contributed by atoms with Crippen molar-refractivity contribution in [2.24, 2.45) is 0 Å². The van der Waals surface area contributed by atoms with Crippen molar-refractivity contribution in [1.29, 1.82) is 0 Å². The second-order valence-electron chi connectivity index (χ2n) is 2.05. The zero-order valence-corrected chi connectivity index (χ0v) is 6.75. The summed E-state index contributed by atoms with van der Waals surface area (Å²) in [6, 6.07) is 2.78. The molecule has 0 aliphatic carbocycles. The van der Waals surface area contributed by atoms with Crippen LogP contribution in [-0.4, -0.2) is 10.5 Å². The van der Waals surface area contributed by atoms with Crippen LogP contribution in [0.25, 0.3) is 0 Å². The average molecular weight is 192 g/mol. The molecule has 0 fully saturated rings. The van der Waals surface area contributed by atoms with E-state index in [1.54, 1.807) is 0 Å². The van der Waals surface area contributed by atoms with Crippen LogP contribution in [0.3, 0.4) is 0 Å². The van der Waals surface area contributed by atoms with Crippen LogP contribution in [-0.2, 0) is 0 Å². The number of halogens is 3. The van der Waals surface area contributed by atoms with E-state index in [4.69, 9.17) is 0 Å². The quantitative estimate of drug-likeness (QED) is 0.634. The van der Waals surface area contributed by atoms with Crippen LogP contribution < -0.4 is 0 Å². The van der Waals surface area contributed by atoms with Gasteiger partial charge in [-0.2, -0.15) is 13.2 Å². The van der Waals surface area contributed by atoms with E-state index in [1.807, 2.05) is 0 Å². The molecule has 0 saturated carbocycles. The lowest BCUT2D eigenvalue weighted by atomic mass is 10.3. The van der Waals surface area contributed by atoms with Gasteiger partial charge in [0, 0.05) is 18.0 Å². The van der Waals surface area contributed by atoms with Gasteiger partial charge in [-0.05, 0) is 18.6 Å². The number of alkyl halides is 3. The highest BCUT2D eigenvalue weighted by Gasteiger charge is 2.29. The van der Waals surface area contributed by atoms with Gasteiger partial charge in [-0.25, -0.2) is 4.98 Å². The van der Waals surface area contributed by atoms with Crippen molar-refractivity contribution in [2.75, 3.05) is 0 Å². The van der Waals surface area contributed by atoms with Crippen LogP contribution in [0.2, 0.25) is 0 Å². The lowest BCUT2D eigenvalue weighted by Gasteiger charge is -2.03. The Labute approximate surface area is 72.0 Å². The predicted molar refractivity (Wildman–Crippen MR) is 40.6 cm³/mol. The molecule has 0 spiro atoms. The molecule has 0 saturated heterocycles. The van der Waals surface area contributed by atoms with E-state index in [1.165, 1.54) is 18.3 Å². The molecular formula is C7H5F3NS. The molecule has 0 N–H and O–H groups in total. The summed E-state index contributed by atoms with van der Waals surface area (Å²) in [5.41, 5.74) is -3.67. The molecule has 1 radical (unpaired) electrons. The second-order valence-corrected chi connectivity index (χ2v) is 3.14. The molecule has 0 bridgehead atoms. The molecule has 0 atom stereocenters. The molecule has 0 aliphatic rings. The summed E-state index contributed by atoms with van der Waals surface area (Å²) in [5.74, 6) is 0. The number of hydrogen-bond acceptors (Lipinski definition) is 2. The van der Waals surface area contributed by atoms with Crippen molar-refractivity contribution < 1.29 is 13.2 Å². The van der Waals surface area contributed by atoms with Gasteiger partial charge in [-0.15, -0.1) is 0 Å². The van der Waals surface area contributed by atoms with Crippen molar-refractivity contribution in [2.45, 2.75) is 10.5 Å². The van der Waals surface area contributed by atoms with Crippen LogP contribution in [0.4, 0.5) is 13.2 Å². The van der Waals surface area contributed by atoms with Crippen molar-refractivity contribution in [3.05, 3.63) is 30.8 Å². The van der Waals surface area contributed by atoms with E-state index >= 15 is 0 Å². The topological polar surface area (TPSA) is 12.9 Å². The van der Waals surface area contributed by atoms with Gasteiger partial charge in [0.1, 0.15) is 5.03 Å². The number of hydrogen-bond donors (Lipinski definition) is 0. The van der Waals surface area contributed by atoms with Crippen molar-refractivity contribution in [3.63, 3.8) is 0 Å². The van der Waals surface area contributed by atoms with Crippen LogP contribution in [0.1, 0.15) is 5.56 Å². The minimum Gasteiger partial charge on any atom is -0.249 e. The van der Waals surface area contributed by atoms with E-state index < -0.39 is 5.51 Å². The van der Waals surface area contributed by atoms with E-state index in [0.717, 1.165) is 0 Å². The molecule has 12 heavy (non-hydrogen) atoms. The maximum absolute atomic E-state index is 11.7. The zero-order chi connectivity index (χ0) is 9.19. The van der Waals surface area contributed by atoms with E-state index in [9.17, 15) is 13.2 Å². The van der Waals surface area contributed by atoms with Crippen LogP contribution in [0.15, 0.2) is 23.4 Å². The third kappa shape index (κ3) is 3.13. The third-order valence-corrected chi connectivity index (χ3v) is 1.70. The van der Waals surface area contributed by atoms with Gasteiger partial charge in [0.25, 0.3) is 0 Å². The first kappa shape index (κ1) is 9.38. The van der Waals surface area contributed by atoms with Crippen molar-refractivity contribution in [1.82, 2.24) is 4.98 Å². The Morgan fingerprint density at radius 1 is 1.33 bits per heavy atom. The molecule has 0 aromatic carbocycles. The summed E-state index contributed by atoms with van der Waals surface area (Å²) in [4.78, 5) is 3.54. The normalized spacial score (nSPS) is 11.7. The van der Waals surface area contributed by atoms with Gasteiger partial charge in [0.15, 0.2) is 0 Å². The standard InChI is InChI=1S/C7H5F3NS/c1-5-2-3-6(11-4-5)12-7(8,9)10/h2-4H,1H2. The van der Waals surface area contributed by atoms with Crippen LogP contribution in [0.5, 0.6) is 0 Å². The molecule has 0 unspecified atom stereocenters. The van der Waals surface area contributed by atoms with Crippen LogP contribution >= 0.6 is 11.8 Å². The first-order chi connectivity index (χ1) is 5.47. The molecule has 65 valence electrons. The molecular weight excluding hydrogens is 187 g/mol. The lowest BCUT2D eigenvalue weighted by molar-refractivity contribution is -0.0329. The number of pyridine rings is 1. The predicted octanol–water partition coefficient (Wildman–Crippen LogP) is 2.88. The summed E-state index contributed by atoms with van der Waals surface area (Å²) in [5, 5.41) is -0.0603. The Bertz CT molecular complexity index is 254. The number of thioether (sulfide) groups is 1. The molecule has 1 heterocycles. The van der Waals surface area contributed by atoms with E-state index in [2.05, 4.69) is 11.9 Å². The first-order valence-electron chi connectivity index (χ1n) is 3.01. The highest BCUT2D eigenvalue weighted by Crippen LogP contribution is 2.35.